The molecule has 3 aliphatic heterocycles. The van der Waals surface area contributed by atoms with E-state index in [1.807, 2.05) is 90.2 Å². The fourth-order valence-corrected chi connectivity index (χ4v) is 12.5. The number of fused-ring (bicyclic) bond motifs is 1. The maximum atomic E-state index is 12.8. The van der Waals surface area contributed by atoms with E-state index in [2.05, 4.69) is 19.6 Å². The number of hydrogen-bond donors (Lipinski definition) is 2. The van der Waals surface area contributed by atoms with E-state index in [9.17, 15) is 48.6 Å². The molecule has 3 heterocycles. The van der Waals surface area contributed by atoms with Crippen LogP contribution >= 0.6 is 0 Å². The lowest BCUT2D eigenvalue weighted by Crippen LogP contribution is -2.67. The number of carbonyl (C=O) groups excluding carboxylic acids is 8. The zero-order valence-electron chi connectivity index (χ0n) is 53.6. The smallest absolute Gasteiger partial charge is 0.303 e. The lowest BCUT2D eigenvalue weighted by atomic mass is 9.61. The average Bonchev–Trinajstić information content (AvgIpc) is 1.51. The summed E-state index contributed by atoms with van der Waals surface area (Å²) in [7, 11) is 0. The van der Waals surface area contributed by atoms with Crippen LogP contribution in [-0.2, 0) is 95.2 Å². The first-order valence-electron chi connectivity index (χ1n) is 29.5. The van der Waals surface area contributed by atoms with Crippen LogP contribution in [0.3, 0.4) is 0 Å². The number of carbonyl (C=O) groups is 8. The van der Waals surface area contributed by atoms with Gasteiger partial charge in [0, 0.05) is 72.5 Å². The topological polar surface area (TPSA) is 291 Å². The molecule has 0 aromatic rings. The van der Waals surface area contributed by atoms with Crippen molar-refractivity contribution in [1.29, 1.82) is 0 Å². The zero-order chi connectivity index (χ0) is 65.7. The summed E-state index contributed by atoms with van der Waals surface area (Å²) in [5.41, 5.74) is 4.16. The van der Waals surface area contributed by atoms with Crippen LogP contribution in [0.4, 0.5) is 0 Å². The number of rotatable bonds is 24. The molecule has 2 aliphatic carbocycles. The molecule has 5 fully saturated rings. The number of aliphatic hydroxyl groups excluding tert-OH is 1. The second kappa shape index (κ2) is 30.7. The molecule has 0 bridgehead atoms. The van der Waals surface area contributed by atoms with E-state index in [1.54, 1.807) is 25.2 Å². The SMILES string of the molecule is CC(=O)OC[C@H]1O[C@@H](O[C@H]2[C@H](O)[C@@H](OC(C)=O)[C@H](O[C@H]3CC(C)(C)[C@]4(CC/C(C)=C/C=C/C(C=O)=C\C=C\C=C(C)\C=C\C=C(/C)C=C=C5C(C)(C)C[C@H](OC(C)=O)C[C@@]5(C)O)O[C@]4(C)C3)O[C@@H]2COC(C)=O)[C@H](OC(C)=O)[C@@H](OC(C)=O)[C@H]1OC(C)=O. The molecule has 15 atom stereocenters. The molecule has 22 heteroatoms. The van der Waals surface area contributed by atoms with Crippen LogP contribution < -0.4 is 0 Å². The normalized spacial score (nSPS) is 33.1. The number of esters is 7. The molecule has 3 saturated heterocycles. The van der Waals surface area contributed by atoms with Crippen molar-refractivity contribution in [2.45, 2.75) is 240 Å². The molecule has 22 nitrogen and oxygen atoms in total. The van der Waals surface area contributed by atoms with Crippen molar-refractivity contribution in [3.05, 3.63) is 100 Å². The van der Waals surface area contributed by atoms with Gasteiger partial charge in [-0.25, -0.2) is 0 Å². The second-order valence-electron chi connectivity index (χ2n) is 25.0. The largest absolute Gasteiger partial charge is 0.463 e. The molecule has 0 aromatic heterocycles. The van der Waals surface area contributed by atoms with Crippen LogP contribution in [0, 0.1) is 10.8 Å². The lowest BCUT2D eigenvalue weighted by molar-refractivity contribution is -0.365. The van der Waals surface area contributed by atoms with Gasteiger partial charge in [0.15, 0.2) is 37.0 Å². The first kappa shape index (κ1) is 72.1. The van der Waals surface area contributed by atoms with Gasteiger partial charge in [0.25, 0.3) is 0 Å². The number of ether oxygens (including phenoxy) is 12. The quantitative estimate of drug-likeness (QED) is 0.0177. The molecule has 486 valence electrons. The fourth-order valence-electron chi connectivity index (χ4n) is 12.5. The molecule has 2 N–H and O–H groups in total. The molecule has 88 heavy (non-hydrogen) atoms. The molecular weight excluding hydrogens is 1140 g/mol. The maximum absolute atomic E-state index is 12.8. The van der Waals surface area contributed by atoms with Gasteiger partial charge in [-0.1, -0.05) is 99.6 Å². The Labute approximate surface area is 515 Å². The van der Waals surface area contributed by atoms with Gasteiger partial charge in [-0.2, -0.15) is 0 Å². The van der Waals surface area contributed by atoms with E-state index < -0.39 is 144 Å². The van der Waals surface area contributed by atoms with Gasteiger partial charge in [0.1, 0.15) is 55.6 Å². The van der Waals surface area contributed by atoms with E-state index in [-0.39, 0.29) is 12.1 Å². The first-order chi connectivity index (χ1) is 41.0. The fraction of sp³-hybridized carbons (Fsp3) is 0.621. The maximum Gasteiger partial charge on any atom is 0.303 e. The number of epoxide rings is 1. The number of aldehydes is 1. The first-order valence-corrected chi connectivity index (χ1v) is 29.5. The summed E-state index contributed by atoms with van der Waals surface area (Å²) in [6.45, 7) is 24.6. The Bertz CT molecular complexity index is 2850. The zero-order valence-corrected chi connectivity index (χ0v) is 53.6. The minimum atomic E-state index is -1.83. The number of hydrogen-bond acceptors (Lipinski definition) is 22. The van der Waals surface area contributed by atoms with Gasteiger partial charge in [-0.05, 0) is 82.8 Å². The molecule has 0 amide bonds. The summed E-state index contributed by atoms with van der Waals surface area (Å²) in [5, 5.41) is 23.5. The van der Waals surface area contributed by atoms with Crippen molar-refractivity contribution in [3.8, 4) is 0 Å². The summed E-state index contributed by atoms with van der Waals surface area (Å²) < 4.78 is 70.5. The number of aliphatic hydroxyl groups is 2. The van der Waals surface area contributed by atoms with Crippen LogP contribution in [0.25, 0.3) is 0 Å². The Kier molecular flexibility index (Phi) is 25.2. The summed E-state index contributed by atoms with van der Waals surface area (Å²) in [6.07, 6.45) is 7.30. The summed E-state index contributed by atoms with van der Waals surface area (Å²) in [4.78, 5) is 98.1. The van der Waals surface area contributed by atoms with Crippen molar-refractivity contribution < 1.29 is 105 Å². The number of allylic oxidation sites excluding steroid dienone is 14. The second-order valence-corrected chi connectivity index (χ2v) is 25.0. The van der Waals surface area contributed by atoms with E-state index in [4.69, 9.17) is 56.8 Å². The van der Waals surface area contributed by atoms with Crippen molar-refractivity contribution in [2.24, 2.45) is 10.8 Å². The van der Waals surface area contributed by atoms with Crippen LogP contribution in [0.2, 0.25) is 0 Å². The van der Waals surface area contributed by atoms with E-state index >= 15 is 0 Å². The van der Waals surface area contributed by atoms with E-state index in [0.29, 0.717) is 44.1 Å². The third-order valence-corrected chi connectivity index (χ3v) is 16.1. The molecular formula is C66H90O22. The van der Waals surface area contributed by atoms with E-state index in [1.165, 1.54) is 6.92 Å². The van der Waals surface area contributed by atoms with Crippen molar-refractivity contribution in [1.82, 2.24) is 0 Å². The van der Waals surface area contributed by atoms with Gasteiger partial charge < -0.3 is 67.1 Å². The van der Waals surface area contributed by atoms with Crippen molar-refractivity contribution in [2.75, 3.05) is 13.2 Å². The van der Waals surface area contributed by atoms with Crippen molar-refractivity contribution in [3.63, 3.8) is 0 Å². The molecule has 0 aromatic carbocycles. The van der Waals surface area contributed by atoms with Crippen LogP contribution in [0.1, 0.15) is 149 Å². The van der Waals surface area contributed by atoms with Gasteiger partial charge in [-0.15, -0.1) is 5.73 Å². The lowest BCUT2D eigenvalue weighted by Gasteiger charge is -2.49. The third-order valence-electron chi connectivity index (χ3n) is 16.1. The van der Waals surface area contributed by atoms with Crippen LogP contribution in [-0.4, -0.2) is 162 Å². The van der Waals surface area contributed by atoms with Crippen molar-refractivity contribution >= 4 is 48.1 Å². The molecule has 0 spiro atoms. The standard InChI is InChI=1S/C66H90O22/c1-38(22-19-23-39(2)27-28-53-62(11,12)31-49(79-43(6)70)33-64(53,15)76)21-17-18-25-48(35-67)26-20-24-40(3)29-30-66-63(13,14)32-50(34-65(66,16)88-66)84-60-57(81-45(8)72)54(75)55(51(85-60)36-77-41(4)68)87-61-59(83-47(10)74)58(82-46(9)73)56(80-44(7)71)52(86-61)37-78-42(5)69/h17-27,35,49-52,54-61,75-76H,29-34,36-37H2,1-16H3/b18-17+,22-19+,26-20+,38-21+,39-23+,40-24+,48-25+/t28?,49-,50-,51+,52+,54-,55+,56-,57+,58-,59+,60+,61-,64+,65+,66-/m0/s1. The molecule has 0 radical (unpaired) electrons. The van der Waals surface area contributed by atoms with E-state index in [0.717, 1.165) is 70.1 Å². The monoisotopic (exact) mass is 1230 g/mol. The Morgan fingerprint density at radius 1 is 0.557 bits per heavy atom. The highest BCUT2D eigenvalue weighted by Crippen LogP contribution is 2.68. The molecule has 0 unspecified atom stereocenters. The predicted molar refractivity (Wildman–Crippen MR) is 317 cm³/mol. The summed E-state index contributed by atoms with van der Waals surface area (Å²) >= 11 is 0. The van der Waals surface area contributed by atoms with Crippen LogP contribution in [0.15, 0.2) is 100 Å². The van der Waals surface area contributed by atoms with Gasteiger partial charge in [-0.3, -0.25) is 38.4 Å². The predicted octanol–water partition coefficient (Wildman–Crippen LogP) is 7.77. The minimum Gasteiger partial charge on any atom is -0.463 e. The molecule has 5 aliphatic rings. The highest BCUT2D eigenvalue weighted by molar-refractivity contribution is 5.78. The third kappa shape index (κ3) is 19.7. The van der Waals surface area contributed by atoms with Gasteiger partial charge >= 0.3 is 41.8 Å². The molecule has 2 saturated carbocycles. The highest BCUT2D eigenvalue weighted by atomic mass is 16.8. The van der Waals surface area contributed by atoms with Crippen LogP contribution in [0.5, 0.6) is 0 Å². The summed E-state index contributed by atoms with van der Waals surface area (Å²) in [6, 6.07) is 0. The van der Waals surface area contributed by atoms with Gasteiger partial charge in [0.05, 0.1) is 17.3 Å². The Morgan fingerprint density at radius 3 is 1.64 bits per heavy atom. The Hall–Kier alpha value is -6.62. The molecule has 5 rings (SSSR count). The minimum absolute atomic E-state index is 0.306. The average molecular weight is 1240 g/mol. The van der Waals surface area contributed by atoms with Gasteiger partial charge in [0.2, 0.25) is 0 Å². The Balaban J connectivity index is 1.25. The highest BCUT2D eigenvalue weighted by Gasteiger charge is 2.75. The summed E-state index contributed by atoms with van der Waals surface area (Å²) in [5.74, 6) is -5.33. The Morgan fingerprint density at radius 2 is 1.08 bits per heavy atom.